The van der Waals surface area contributed by atoms with Crippen LogP contribution in [0.3, 0.4) is 0 Å². The number of aliphatic hydroxyl groups excluding tert-OH is 1. The van der Waals surface area contributed by atoms with Crippen molar-refractivity contribution in [3.05, 3.63) is 35.6 Å². The van der Waals surface area contributed by atoms with Crippen LogP contribution in [0.4, 0.5) is 17.6 Å². The van der Waals surface area contributed by atoms with Gasteiger partial charge in [0.25, 0.3) is 0 Å². The topological polar surface area (TPSA) is 32.7 Å². The first kappa shape index (κ1) is 17.9. The van der Waals surface area contributed by atoms with Gasteiger partial charge in [-0.1, -0.05) is 18.2 Å². The second kappa shape index (κ2) is 8.31. The van der Waals surface area contributed by atoms with Crippen LogP contribution >= 0.6 is 0 Å². The third kappa shape index (κ3) is 7.99. The van der Waals surface area contributed by atoms with Gasteiger partial charge in [-0.05, 0) is 13.1 Å². The summed E-state index contributed by atoms with van der Waals surface area (Å²) < 4.78 is 54.5. The van der Waals surface area contributed by atoms with Crippen LogP contribution in [0.2, 0.25) is 0 Å². The lowest BCUT2D eigenvalue weighted by Crippen LogP contribution is -2.34. The number of benzene rings is 1. The molecule has 0 saturated heterocycles. The maximum absolute atomic E-state index is 13.3. The van der Waals surface area contributed by atoms with E-state index in [-0.39, 0.29) is 26.3 Å². The Morgan fingerprint density at radius 2 is 1.95 bits per heavy atom. The molecule has 120 valence electrons. The molecule has 0 saturated carbocycles. The van der Waals surface area contributed by atoms with Crippen molar-refractivity contribution in [2.24, 2.45) is 0 Å². The molecule has 0 aliphatic heterocycles. The summed E-state index contributed by atoms with van der Waals surface area (Å²) in [6.07, 6.45) is -6.05. The van der Waals surface area contributed by atoms with Gasteiger partial charge in [0.15, 0.2) is 0 Å². The van der Waals surface area contributed by atoms with Crippen LogP contribution in [0.5, 0.6) is 0 Å². The van der Waals surface area contributed by atoms with E-state index < -0.39 is 24.5 Å². The molecular weight excluding hydrogens is 290 g/mol. The summed E-state index contributed by atoms with van der Waals surface area (Å²) in [5.74, 6) is -0.394. The zero-order valence-corrected chi connectivity index (χ0v) is 11.7. The Kier molecular flexibility index (Phi) is 7.07. The molecule has 0 aliphatic rings. The molecule has 1 N–H and O–H groups in total. The standard InChI is InChI=1S/C14H19F4NO2/c1-19(7-6-14(16,17)18)8-12(20)10-21-9-11-4-2-3-5-13(11)15/h2-5,12,20H,6-10H2,1H3. The van der Waals surface area contributed by atoms with Gasteiger partial charge < -0.3 is 14.7 Å². The number of hydrogen-bond acceptors (Lipinski definition) is 3. The molecule has 1 atom stereocenters. The summed E-state index contributed by atoms with van der Waals surface area (Å²) in [7, 11) is 1.49. The monoisotopic (exact) mass is 309 g/mol. The van der Waals surface area contributed by atoms with Crippen molar-refractivity contribution >= 4 is 0 Å². The minimum Gasteiger partial charge on any atom is -0.389 e. The van der Waals surface area contributed by atoms with E-state index in [9.17, 15) is 22.7 Å². The van der Waals surface area contributed by atoms with E-state index in [4.69, 9.17) is 4.74 Å². The van der Waals surface area contributed by atoms with Crippen LogP contribution in [-0.2, 0) is 11.3 Å². The Hall–Kier alpha value is -1.18. The Morgan fingerprint density at radius 3 is 2.57 bits per heavy atom. The van der Waals surface area contributed by atoms with Gasteiger partial charge >= 0.3 is 6.18 Å². The third-order valence-electron chi connectivity index (χ3n) is 2.83. The van der Waals surface area contributed by atoms with Crippen LogP contribution in [0, 0.1) is 5.82 Å². The molecule has 3 nitrogen and oxygen atoms in total. The maximum Gasteiger partial charge on any atom is 0.390 e. The minimum absolute atomic E-state index is 0.00992. The predicted molar refractivity (Wildman–Crippen MR) is 70.2 cm³/mol. The molecule has 21 heavy (non-hydrogen) atoms. The number of likely N-dealkylation sites (N-methyl/N-ethyl adjacent to an activating group) is 1. The summed E-state index contributed by atoms with van der Waals surface area (Å²) in [6, 6.07) is 6.10. The van der Waals surface area contributed by atoms with E-state index in [0.717, 1.165) is 0 Å². The lowest BCUT2D eigenvalue weighted by Gasteiger charge is -2.21. The minimum atomic E-state index is -4.21. The SMILES string of the molecule is CN(CCC(F)(F)F)CC(O)COCc1ccccc1F. The molecule has 1 aromatic carbocycles. The van der Waals surface area contributed by atoms with Crippen molar-refractivity contribution < 1.29 is 27.4 Å². The molecule has 1 rings (SSSR count). The fourth-order valence-electron chi connectivity index (χ4n) is 1.74. The molecule has 0 bridgehead atoms. The summed E-state index contributed by atoms with van der Waals surface area (Å²) in [4.78, 5) is 1.38. The summed E-state index contributed by atoms with van der Waals surface area (Å²) in [5, 5.41) is 9.65. The number of ether oxygens (including phenoxy) is 1. The predicted octanol–water partition coefficient (Wildman–Crippen LogP) is 2.59. The summed E-state index contributed by atoms with van der Waals surface area (Å²) in [5.41, 5.74) is 0.370. The largest absolute Gasteiger partial charge is 0.390 e. The van der Waals surface area contributed by atoms with Gasteiger partial charge in [0.1, 0.15) is 5.82 Å². The highest BCUT2D eigenvalue weighted by molar-refractivity contribution is 5.16. The number of nitrogens with zero attached hydrogens (tertiary/aromatic N) is 1. The second-order valence-corrected chi connectivity index (χ2v) is 4.89. The molecule has 1 aromatic rings. The lowest BCUT2D eigenvalue weighted by atomic mass is 10.2. The van der Waals surface area contributed by atoms with Crippen molar-refractivity contribution in [3.63, 3.8) is 0 Å². The maximum atomic E-state index is 13.3. The quantitative estimate of drug-likeness (QED) is 0.749. The highest BCUT2D eigenvalue weighted by Gasteiger charge is 2.27. The number of aliphatic hydroxyl groups is 1. The van der Waals surface area contributed by atoms with Crippen molar-refractivity contribution in [2.75, 3.05) is 26.7 Å². The van der Waals surface area contributed by atoms with Gasteiger partial charge in [0.2, 0.25) is 0 Å². The van der Waals surface area contributed by atoms with Gasteiger partial charge in [-0.25, -0.2) is 4.39 Å². The Labute approximate surface area is 121 Å². The van der Waals surface area contributed by atoms with Crippen LogP contribution < -0.4 is 0 Å². The van der Waals surface area contributed by atoms with Crippen LogP contribution in [0.25, 0.3) is 0 Å². The number of rotatable bonds is 8. The summed E-state index contributed by atoms with van der Waals surface area (Å²) in [6.45, 7) is -0.179. The number of halogens is 4. The first-order chi connectivity index (χ1) is 9.78. The molecule has 7 heteroatoms. The van der Waals surface area contributed by atoms with Crippen molar-refractivity contribution in [2.45, 2.75) is 25.3 Å². The average molecular weight is 309 g/mol. The van der Waals surface area contributed by atoms with E-state index in [2.05, 4.69) is 0 Å². The molecule has 0 fully saturated rings. The highest BCUT2D eigenvalue weighted by atomic mass is 19.4. The fraction of sp³-hybridized carbons (Fsp3) is 0.571. The second-order valence-electron chi connectivity index (χ2n) is 4.89. The highest BCUT2D eigenvalue weighted by Crippen LogP contribution is 2.19. The fourth-order valence-corrected chi connectivity index (χ4v) is 1.74. The molecule has 0 heterocycles. The van der Waals surface area contributed by atoms with Crippen LogP contribution in [0.15, 0.2) is 24.3 Å². The van der Waals surface area contributed by atoms with E-state index >= 15 is 0 Å². The average Bonchev–Trinajstić information content (AvgIpc) is 2.38. The first-order valence-electron chi connectivity index (χ1n) is 6.52. The van der Waals surface area contributed by atoms with Crippen molar-refractivity contribution in [3.8, 4) is 0 Å². The van der Waals surface area contributed by atoms with Crippen LogP contribution in [-0.4, -0.2) is 49.0 Å². The van der Waals surface area contributed by atoms with E-state index in [0.29, 0.717) is 5.56 Å². The molecule has 0 radical (unpaired) electrons. The molecule has 1 unspecified atom stereocenters. The number of hydrogen-bond donors (Lipinski definition) is 1. The van der Waals surface area contributed by atoms with Gasteiger partial charge in [-0.3, -0.25) is 0 Å². The van der Waals surface area contributed by atoms with Crippen molar-refractivity contribution in [1.29, 1.82) is 0 Å². The van der Waals surface area contributed by atoms with Gasteiger partial charge in [-0.15, -0.1) is 0 Å². The number of alkyl halides is 3. The zero-order chi connectivity index (χ0) is 15.9. The lowest BCUT2D eigenvalue weighted by molar-refractivity contribution is -0.138. The zero-order valence-electron chi connectivity index (χ0n) is 11.7. The van der Waals surface area contributed by atoms with Crippen LogP contribution in [0.1, 0.15) is 12.0 Å². The van der Waals surface area contributed by atoms with E-state index in [1.54, 1.807) is 18.2 Å². The van der Waals surface area contributed by atoms with Gasteiger partial charge in [0.05, 0.1) is 25.7 Å². The van der Waals surface area contributed by atoms with Gasteiger partial charge in [-0.2, -0.15) is 13.2 Å². The smallest absolute Gasteiger partial charge is 0.389 e. The van der Waals surface area contributed by atoms with E-state index in [1.165, 1.54) is 18.0 Å². The third-order valence-corrected chi connectivity index (χ3v) is 2.83. The molecule has 0 aliphatic carbocycles. The first-order valence-corrected chi connectivity index (χ1v) is 6.52. The Morgan fingerprint density at radius 1 is 1.29 bits per heavy atom. The summed E-state index contributed by atoms with van der Waals surface area (Å²) >= 11 is 0. The normalized spacial score (nSPS) is 13.7. The Bertz CT molecular complexity index is 426. The molecule has 0 spiro atoms. The molecule has 0 amide bonds. The Balaban J connectivity index is 2.22. The molecule has 0 aromatic heterocycles. The molecular formula is C14H19F4NO2. The van der Waals surface area contributed by atoms with Crippen molar-refractivity contribution in [1.82, 2.24) is 4.90 Å². The van der Waals surface area contributed by atoms with Gasteiger partial charge in [0, 0.05) is 18.7 Å². The van der Waals surface area contributed by atoms with E-state index in [1.807, 2.05) is 0 Å².